The summed E-state index contributed by atoms with van der Waals surface area (Å²) < 4.78 is 38.9. The lowest BCUT2D eigenvalue weighted by molar-refractivity contribution is -0.119. The molecular formula is C22H25NO5S. The highest BCUT2D eigenvalue weighted by atomic mass is 32.2. The molecule has 0 saturated heterocycles. The van der Waals surface area contributed by atoms with Crippen LogP contribution in [0.3, 0.4) is 0 Å². The molecule has 0 aromatic heterocycles. The van der Waals surface area contributed by atoms with Crippen molar-refractivity contribution >= 4 is 17.7 Å². The summed E-state index contributed by atoms with van der Waals surface area (Å²) in [7, 11) is 0.189. The van der Waals surface area contributed by atoms with Crippen molar-refractivity contribution in [1.82, 2.24) is 5.32 Å². The summed E-state index contributed by atoms with van der Waals surface area (Å²) in [5.41, 5.74) is 2.65. The van der Waals surface area contributed by atoms with Crippen LogP contribution in [0.15, 0.2) is 34.0 Å². The van der Waals surface area contributed by atoms with E-state index < -0.39 is 13.1 Å². The zero-order valence-electron chi connectivity index (χ0n) is 19.8. The Morgan fingerprint density at radius 1 is 1.21 bits per heavy atom. The molecule has 1 N–H and O–H groups in total. The van der Waals surface area contributed by atoms with Gasteiger partial charge in [0.25, 0.3) is 0 Å². The number of aryl methyl sites for hydroxylation is 1. The predicted octanol–water partition coefficient (Wildman–Crippen LogP) is 3.58. The zero-order valence-corrected chi connectivity index (χ0v) is 17.6. The van der Waals surface area contributed by atoms with E-state index in [1.165, 1.54) is 32.9 Å². The van der Waals surface area contributed by atoms with Gasteiger partial charge in [-0.25, -0.2) is 0 Å². The van der Waals surface area contributed by atoms with E-state index in [9.17, 15) is 9.59 Å². The van der Waals surface area contributed by atoms with Crippen LogP contribution in [0.1, 0.15) is 34.6 Å². The SMILES string of the molecule is [2H]C([2H])([2H])Oc1cc2c(c(OC)c1OC)-c1ccc(SC)c(=O)cc1[C@@H](NC(C)=O)CC2. The minimum absolute atomic E-state index is 0.0391. The van der Waals surface area contributed by atoms with E-state index in [1.807, 2.05) is 12.3 Å². The number of carbonyl (C=O) groups excluding carboxylic acids is 1. The van der Waals surface area contributed by atoms with Gasteiger partial charge in [-0.15, -0.1) is 11.8 Å². The number of hydrogen-bond donors (Lipinski definition) is 1. The van der Waals surface area contributed by atoms with E-state index in [0.717, 1.165) is 5.56 Å². The first kappa shape index (κ1) is 17.2. The lowest BCUT2D eigenvalue weighted by Gasteiger charge is -2.19. The molecule has 0 aliphatic heterocycles. The summed E-state index contributed by atoms with van der Waals surface area (Å²) in [4.78, 5) is 25.3. The number of carbonyl (C=O) groups is 1. The van der Waals surface area contributed by atoms with Gasteiger partial charge in [0.2, 0.25) is 11.7 Å². The van der Waals surface area contributed by atoms with Crippen molar-refractivity contribution in [3.8, 4) is 28.4 Å². The summed E-state index contributed by atoms with van der Waals surface area (Å²) in [6, 6.07) is 6.34. The highest BCUT2D eigenvalue weighted by Crippen LogP contribution is 2.50. The molecule has 0 heterocycles. The number of nitrogens with one attached hydrogen (secondary N) is 1. The van der Waals surface area contributed by atoms with Crippen molar-refractivity contribution in [2.75, 3.05) is 27.5 Å². The van der Waals surface area contributed by atoms with Gasteiger partial charge in [0.1, 0.15) is 0 Å². The Morgan fingerprint density at radius 2 is 1.97 bits per heavy atom. The van der Waals surface area contributed by atoms with Crippen molar-refractivity contribution in [3.63, 3.8) is 0 Å². The molecule has 0 spiro atoms. The first-order chi connectivity index (χ1) is 15.1. The van der Waals surface area contributed by atoms with Crippen LogP contribution in [0.2, 0.25) is 0 Å². The van der Waals surface area contributed by atoms with Crippen molar-refractivity contribution in [1.29, 1.82) is 0 Å². The Morgan fingerprint density at radius 3 is 2.59 bits per heavy atom. The van der Waals surface area contributed by atoms with Crippen LogP contribution in [-0.4, -0.2) is 33.4 Å². The van der Waals surface area contributed by atoms with Gasteiger partial charge in [-0.1, -0.05) is 6.07 Å². The molecule has 6 nitrogen and oxygen atoms in total. The van der Waals surface area contributed by atoms with Gasteiger partial charge in [0, 0.05) is 12.5 Å². The molecular weight excluding hydrogens is 390 g/mol. The molecule has 1 amide bonds. The Labute approximate surface area is 178 Å². The summed E-state index contributed by atoms with van der Waals surface area (Å²) in [5, 5.41) is 2.93. The molecule has 29 heavy (non-hydrogen) atoms. The lowest BCUT2D eigenvalue weighted by Crippen LogP contribution is -2.26. The molecule has 0 fully saturated rings. The molecule has 7 heteroatoms. The molecule has 154 valence electrons. The van der Waals surface area contributed by atoms with E-state index in [2.05, 4.69) is 5.32 Å². The Balaban J connectivity index is 2.39. The summed E-state index contributed by atoms with van der Waals surface area (Å²) in [6.45, 7) is 1.43. The fourth-order valence-electron chi connectivity index (χ4n) is 3.79. The van der Waals surface area contributed by atoms with Gasteiger partial charge in [0.05, 0.1) is 36.3 Å². The highest BCUT2D eigenvalue weighted by Gasteiger charge is 2.29. The van der Waals surface area contributed by atoms with Gasteiger partial charge in [0.15, 0.2) is 16.9 Å². The van der Waals surface area contributed by atoms with Crippen molar-refractivity contribution in [2.45, 2.75) is 30.7 Å². The Bertz CT molecular complexity index is 1100. The molecule has 0 radical (unpaired) electrons. The van der Waals surface area contributed by atoms with E-state index in [-0.39, 0.29) is 22.8 Å². The third kappa shape index (κ3) is 3.92. The van der Waals surface area contributed by atoms with Crippen molar-refractivity contribution in [3.05, 3.63) is 45.6 Å². The maximum atomic E-state index is 12.8. The van der Waals surface area contributed by atoms with E-state index in [0.29, 0.717) is 40.2 Å². The molecule has 2 aromatic carbocycles. The second-order valence-corrected chi connectivity index (χ2v) is 7.50. The number of fused-ring (bicyclic) bond motifs is 3. The molecule has 0 bridgehead atoms. The van der Waals surface area contributed by atoms with Gasteiger partial charge >= 0.3 is 0 Å². The van der Waals surface area contributed by atoms with E-state index >= 15 is 0 Å². The summed E-state index contributed by atoms with van der Waals surface area (Å²) in [5.74, 6) is 0.271. The van der Waals surface area contributed by atoms with Crippen molar-refractivity contribution in [2.24, 2.45) is 0 Å². The number of ether oxygens (including phenoxy) is 3. The maximum absolute atomic E-state index is 12.8. The van der Waals surface area contributed by atoms with Crippen LogP contribution in [-0.2, 0) is 11.2 Å². The molecule has 1 atom stereocenters. The molecule has 2 aromatic rings. The average Bonchev–Trinajstić information content (AvgIpc) is 2.94. The first-order valence-electron chi connectivity index (χ1n) is 10.6. The molecule has 0 unspecified atom stereocenters. The highest BCUT2D eigenvalue weighted by molar-refractivity contribution is 7.98. The average molecular weight is 419 g/mol. The van der Waals surface area contributed by atoms with Crippen LogP contribution >= 0.6 is 11.8 Å². The number of hydrogen-bond acceptors (Lipinski definition) is 6. The smallest absolute Gasteiger partial charge is 0.217 e. The topological polar surface area (TPSA) is 73.9 Å². The quantitative estimate of drug-likeness (QED) is 0.748. The fraction of sp³-hybridized carbons (Fsp3) is 0.364. The number of benzene rings is 1. The summed E-state index contributed by atoms with van der Waals surface area (Å²) >= 11 is 1.34. The molecule has 1 aliphatic carbocycles. The first-order valence-corrected chi connectivity index (χ1v) is 10.3. The third-order valence-corrected chi connectivity index (χ3v) is 5.77. The minimum atomic E-state index is -2.68. The standard InChI is InChI=1S/C22H25NO5S/c1-12(24)23-16-8-6-13-10-18(26-2)21(27-3)22(28-4)20(13)14-7-9-19(29-5)17(25)11-15(14)16/h7,9-11,16H,6,8H2,1-5H3,(H,23,24)/t16-/m0/s1/i2D3. The number of methoxy groups -OCH3 is 3. The van der Waals surface area contributed by atoms with E-state index in [4.69, 9.17) is 18.3 Å². The molecule has 3 rings (SSSR count). The van der Waals surface area contributed by atoms with Gasteiger partial charge in [-0.3, -0.25) is 9.59 Å². The Hall–Kier alpha value is -2.67. The Kier molecular flexibility index (Phi) is 5.21. The molecule has 0 saturated carbocycles. The van der Waals surface area contributed by atoms with Crippen LogP contribution in [0.4, 0.5) is 0 Å². The van der Waals surface area contributed by atoms with Crippen LogP contribution in [0, 0.1) is 0 Å². The van der Waals surface area contributed by atoms with Crippen LogP contribution in [0.5, 0.6) is 17.2 Å². The monoisotopic (exact) mass is 418 g/mol. The normalized spacial score (nSPS) is 16.8. The minimum Gasteiger partial charge on any atom is -0.493 e. The van der Waals surface area contributed by atoms with Gasteiger partial charge in [-0.2, -0.15) is 0 Å². The van der Waals surface area contributed by atoms with Crippen LogP contribution in [0.25, 0.3) is 11.1 Å². The van der Waals surface area contributed by atoms with Crippen molar-refractivity contribution < 1.29 is 23.1 Å². The fourth-order valence-corrected chi connectivity index (χ4v) is 4.25. The second kappa shape index (κ2) is 8.78. The number of rotatable bonds is 5. The predicted molar refractivity (Wildman–Crippen MR) is 114 cm³/mol. The van der Waals surface area contributed by atoms with Crippen LogP contribution < -0.4 is 25.0 Å². The summed E-state index contributed by atoms with van der Waals surface area (Å²) in [6.07, 6.45) is 2.81. The number of thioether (sulfide) groups is 1. The zero-order chi connectivity index (χ0) is 23.6. The third-order valence-electron chi connectivity index (χ3n) is 4.99. The largest absolute Gasteiger partial charge is 0.493 e. The van der Waals surface area contributed by atoms with E-state index in [1.54, 1.807) is 18.2 Å². The van der Waals surface area contributed by atoms with Gasteiger partial charge in [-0.05, 0) is 54.0 Å². The molecule has 1 aliphatic rings. The number of amides is 1. The van der Waals surface area contributed by atoms with Gasteiger partial charge < -0.3 is 19.5 Å². The second-order valence-electron chi connectivity index (χ2n) is 6.65. The lowest BCUT2D eigenvalue weighted by atomic mass is 9.95. The maximum Gasteiger partial charge on any atom is 0.217 e.